The standard InChI is InChI=1S/C18H33N5O.HI/c1-14-8-5-6-12-23(14)13-7-10-20-18(19-4)21-11-9-17-15(2)22-24-16(17)3;/h14H,5-13H2,1-4H3,(H2,19,20,21);1H. The van der Waals surface area contributed by atoms with Crippen LogP contribution in [0, 0.1) is 13.8 Å². The van der Waals surface area contributed by atoms with Crippen molar-refractivity contribution >= 4 is 29.9 Å². The van der Waals surface area contributed by atoms with Crippen LogP contribution in [0.25, 0.3) is 0 Å². The molecule has 1 unspecified atom stereocenters. The third-order valence-electron chi connectivity index (χ3n) is 4.93. The van der Waals surface area contributed by atoms with Crippen LogP contribution in [0.4, 0.5) is 0 Å². The number of nitrogens with one attached hydrogen (secondary N) is 2. The summed E-state index contributed by atoms with van der Waals surface area (Å²) in [7, 11) is 1.82. The van der Waals surface area contributed by atoms with E-state index in [4.69, 9.17) is 4.52 Å². The van der Waals surface area contributed by atoms with Crippen molar-refractivity contribution < 1.29 is 4.52 Å². The van der Waals surface area contributed by atoms with Crippen molar-refractivity contribution in [2.45, 2.75) is 58.9 Å². The van der Waals surface area contributed by atoms with E-state index in [9.17, 15) is 0 Å². The van der Waals surface area contributed by atoms with Crippen molar-refractivity contribution in [3.63, 3.8) is 0 Å². The fourth-order valence-corrected chi connectivity index (χ4v) is 3.36. The molecule has 7 heteroatoms. The first-order valence-electron chi connectivity index (χ1n) is 9.22. The van der Waals surface area contributed by atoms with Gasteiger partial charge in [-0.3, -0.25) is 4.99 Å². The van der Waals surface area contributed by atoms with E-state index in [1.165, 1.54) is 37.9 Å². The molecular weight excluding hydrogens is 429 g/mol. The molecule has 1 saturated heterocycles. The zero-order valence-electron chi connectivity index (χ0n) is 16.1. The van der Waals surface area contributed by atoms with E-state index < -0.39 is 0 Å². The molecule has 1 aliphatic rings. The lowest BCUT2D eigenvalue weighted by Crippen LogP contribution is -2.41. The van der Waals surface area contributed by atoms with Gasteiger partial charge in [0.15, 0.2) is 5.96 Å². The van der Waals surface area contributed by atoms with E-state index in [2.05, 4.69) is 32.6 Å². The van der Waals surface area contributed by atoms with Crippen LogP contribution in [0.3, 0.4) is 0 Å². The summed E-state index contributed by atoms with van der Waals surface area (Å²) in [6.07, 6.45) is 6.13. The fraction of sp³-hybridized carbons (Fsp3) is 0.778. The Kier molecular flexibility index (Phi) is 10.4. The molecule has 1 aromatic rings. The summed E-state index contributed by atoms with van der Waals surface area (Å²) < 4.78 is 5.20. The number of aliphatic imine (C=N–C) groups is 1. The van der Waals surface area contributed by atoms with Crippen molar-refractivity contribution in [2.24, 2.45) is 4.99 Å². The van der Waals surface area contributed by atoms with Crippen molar-refractivity contribution in [3.05, 3.63) is 17.0 Å². The van der Waals surface area contributed by atoms with Crippen molar-refractivity contribution in [3.8, 4) is 0 Å². The first-order valence-corrected chi connectivity index (χ1v) is 9.22. The maximum atomic E-state index is 5.20. The summed E-state index contributed by atoms with van der Waals surface area (Å²) in [6, 6.07) is 0.742. The molecule has 0 amide bonds. The molecule has 0 bridgehead atoms. The lowest BCUT2D eigenvalue weighted by atomic mass is 10.0. The lowest BCUT2D eigenvalue weighted by molar-refractivity contribution is 0.159. The van der Waals surface area contributed by atoms with Gasteiger partial charge in [-0.2, -0.15) is 0 Å². The third kappa shape index (κ3) is 7.13. The van der Waals surface area contributed by atoms with Crippen LogP contribution < -0.4 is 10.6 Å². The molecule has 0 aliphatic carbocycles. The van der Waals surface area contributed by atoms with E-state index in [1.807, 2.05) is 20.9 Å². The second kappa shape index (κ2) is 11.7. The number of aromatic nitrogens is 1. The molecule has 6 nitrogen and oxygen atoms in total. The Balaban J connectivity index is 0.00000312. The topological polar surface area (TPSA) is 65.7 Å². The summed E-state index contributed by atoms with van der Waals surface area (Å²) in [5.74, 6) is 1.78. The molecule has 0 aromatic carbocycles. The SMILES string of the molecule is CN=C(NCCCN1CCCCC1C)NCCc1c(C)noc1C.I. The van der Waals surface area contributed by atoms with E-state index in [-0.39, 0.29) is 24.0 Å². The molecule has 1 fully saturated rings. The van der Waals surface area contributed by atoms with Gasteiger partial charge < -0.3 is 20.1 Å². The van der Waals surface area contributed by atoms with Crippen LogP contribution in [0.15, 0.2) is 9.52 Å². The molecule has 144 valence electrons. The summed E-state index contributed by atoms with van der Waals surface area (Å²) in [5, 5.41) is 10.8. The number of piperidine rings is 1. The van der Waals surface area contributed by atoms with Gasteiger partial charge in [0.1, 0.15) is 5.76 Å². The van der Waals surface area contributed by atoms with Gasteiger partial charge in [0, 0.05) is 38.3 Å². The average molecular weight is 463 g/mol. The Bertz CT molecular complexity index is 512. The number of hydrogen-bond acceptors (Lipinski definition) is 4. The molecular formula is C18H34IN5O. The van der Waals surface area contributed by atoms with Gasteiger partial charge in [-0.1, -0.05) is 11.6 Å². The summed E-state index contributed by atoms with van der Waals surface area (Å²) in [6.45, 7) is 10.5. The monoisotopic (exact) mass is 463 g/mol. The van der Waals surface area contributed by atoms with E-state index in [0.717, 1.165) is 49.4 Å². The summed E-state index contributed by atoms with van der Waals surface area (Å²) in [5.41, 5.74) is 2.17. The van der Waals surface area contributed by atoms with Gasteiger partial charge in [-0.15, -0.1) is 24.0 Å². The molecule has 2 rings (SSSR count). The Hall–Kier alpha value is -0.830. The molecule has 1 atom stereocenters. The third-order valence-corrected chi connectivity index (χ3v) is 4.93. The second-order valence-electron chi connectivity index (χ2n) is 6.71. The Labute approximate surface area is 169 Å². The maximum absolute atomic E-state index is 5.20. The molecule has 2 heterocycles. The Morgan fingerprint density at radius 1 is 1.28 bits per heavy atom. The van der Waals surface area contributed by atoms with Crippen LogP contribution >= 0.6 is 24.0 Å². The minimum absolute atomic E-state index is 0. The average Bonchev–Trinajstić information content (AvgIpc) is 2.90. The molecule has 0 spiro atoms. The second-order valence-corrected chi connectivity index (χ2v) is 6.71. The van der Waals surface area contributed by atoms with Crippen LogP contribution in [-0.4, -0.2) is 55.3 Å². The highest BCUT2D eigenvalue weighted by molar-refractivity contribution is 14.0. The normalized spacial score (nSPS) is 18.7. The maximum Gasteiger partial charge on any atom is 0.190 e. The highest BCUT2D eigenvalue weighted by atomic mass is 127. The van der Waals surface area contributed by atoms with Crippen LogP contribution in [0.1, 0.15) is 49.6 Å². The zero-order valence-corrected chi connectivity index (χ0v) is 18.4. The predicted octanol–water partition coefficient (Wildman–Crippen LogP) is 2.88. The van der Waals surface area contributed by atoms with E-state index in [0.29, 0.717) is 0 Å². The van der Waals surface area contributed by atoms with Gasteiger partial charge in [-0.25, -0.2) is 0 Å². The summed E-state index contributed by atoms with van der Waals surface area (Å²) >= 11 is 0. The largest absolute Gasteiger partial charge is 0.361 e. The number of rotatable bonds is 7. The number of hydrogen-bond donors (Lipinski definition) is 2. The first kappa shape index (κ1) is 22.2. The van der Waals surface area contributed by atoms with Gasteiger partial charge in [0.05, 0.1) is 5.69 Å². The molecule has 1 aromatic heterocycles. The van der Waals surface area contributed by atoms with Gasteiger partial charge >= 0.3 is 0 Å². The number of likely N-dealkylation sites (tertiary alicyclic amines) is 1. The number of halogens is 1. The number of aryl methyl sites for hydroxylation is 2. The predicted molar refractivity (Wildman–Crippen MR) is 114 cm³/mol. The van der Waals surface area contributed by atoms with Crippen LogP contribution in [0.5, 0.6) is 0 Å². The fourth-order valence-electron chi connectivity index (χ4n) is 3.36. The smallest absolute Gasteiger partial charge is 0.190 e. The molecule has 0 saturated carbocycles. The minimum atomic E-state index is 0. The zero-order chi connectivity index (χ0) is 17.4. The Morgan fingerprint density at radius 3 is 2.68 bits per heavy atom. The highest BCUT2D eigenvalue weighted by Crippen LogP contribution is 2.16. The van der Waals surface area contributed by atoms with Crippen molar-refractivity contribution in [2.75, 3.05) is 33.2 Å². The number of nitrogens with zero attached hydrogens (tertiary/aromatic N) is 3. The van der Waals surface area contributed by atoms with E-state index in [1.54, 1.807) is 0 Å². The number of guanidine groups is 1. The van der Waals surface area contributed by atoms with Gasteiger partial charge in [0.25, 0.3) is 0 Å². The molecule has 1 aliphatic heterocycles. The van der Waals surface area contributed by atoms with Gasteiger partial charge in [-0.05, 0) is 53.0 Å². The quantitative estimate of drug-likeness (QED) is 0.282. The van der Waals surface area contributed by atoms with Gasteiger partial charge in [0.2, 0.25) is 0 Å². The molecule has 0 radical (unpaired) electrons. The first-order chi connectivity index (χ1) is 11.6. The van der Waals surface area contributed by atoms with E-state index >= 15 is 0 Å². The van der Waals surface area contributed by atoms with Crippen molar-refractivity contribution in [1.29, 1.82) is 0 Å². The summed E-state index contributed by atoms with van der Waals surface area (Å²) in [4.78, 5) is 6.90. The minimum Gasteiger partial charge on any atom is -0.361 e. The molecule has 25 heavy (non-hydrogen) atoms. The Morgan fingerprint density at radius 2 is 2.04 bits per heavy atom. The lowest BCUT2D eigenvalue weighted by Gasteiger charge is -2.33. The van der Waals surface area contributed by atoms with Crippen LogP contribution in [0.2, 0.25) is 0 Å². The van der Waals surface area contributed by atoms with Crippen LogP contribution in [-0.2, 0) is 6.42 Å². The highest BCUT2D eigenvalue weighted by Gasteiger charge is 2.17. The van der Waals surface area contributed by atoms with Crippen molar-refractivity contribution in [1.82, 2.24) is 20.7 Å². The molecule has 2 N–H and O–H groups in total.